The molecule has 0 fully saturated rings. The van der Waals surface area contributed by atoms with E-state index in [-0.39, 0.29) is 11.8 Å². The van der Waals surface area contributed by atoms with Crippen molar-refractivity contribution < 1.29 is 9.18 Å². The Balaban J connectivity index is 1.58. The normalized spacial score (nSPS) is 15.7. The molecule has 4 aromatic rings. The first-order valence-corrected chi connectivity index (χ1v) is 11.0. The number of para-hydroxylation sites is 1. The van der Waals surface area contributed by atoms with Gasteiger partial charge in [-0.1, -0.05) is 52.3 Å². The molecule has 1 aliphatic heterocycles. The molecule has 2 heterocycles. The van der Waals surface area contributed by atoms with E-state index in [0.717, 1.165) is 32.2 Å². The first-order valence-electron chi connectivity index (χ1n) is 10.2. The van der Waals surface area contributed by atoms with Crippen molar-refractivity contribution in [3.63, 3.8) is 0 Å². The lowest BCUT2D eigenvalue weighted by Crippen LogP contribution is -2.43. The largest absolute Gasteiger partial charge is 0.356 e. The van der Waals surface area contributed by atoms with Gasteiger partial charge in [-0.05, 0) is 54.8 Å². The van der Waals surface area contributed by atoms with Gasteiger partial charge in [-0.25, -0.2) is 9.18 Å². The second kappa shape index (κ2) is 7.85. The number of nitrogens with zero attached hydrogens (tertiary/aromatic N) is 1. The van der Waals surface area contributed by atoms with Crippen LogP contribution in [0, 0.1) is 12.7 Å². The van der Waals surface area contributed by atoms with E-state index in [1.807, 2.05) is 49.4 Å². The zero-order valence-corrected chi connectivity index (χ0v) is 18.5. The number of aromatic amines is 1. The van der Waals surface area contributed by atoms with Crippen molar-refractivity contribution in [1.82, 2.24) is 9.88 Å². The summed E-state index contributed by atoms with van der Waals surface area (Å²) in [5, 5.41) is 4.12. The lowest BCUT2D eigenvalue weighted by molar-refractivity contribution is 0.192. The zero-order valence-electron chi connectivity index (χ0n) is 17.0. The number of amides is 2. The summed E-state index contributed by atoms with van der Waals surface area (Å²) in [6, 6.07) is 19.6. The Labute approximate surface area is 188 Å². The third-order valence-corrected chi connectivity index (χ3v) is 6.79. The molecule has 2 amide bonds. The molecule has 1 atom stereocenters. The molecule has 0 bridgehead atoms. The van der Waals surface area contributed by atoms with Gasteiger partial charge >= 0.3 is 6.03 Å². The number of hydrogen-bond acceptors (Lipinski definition) is 1. The van der Waals surface area contributed by atoms with Crippen LogP contribution in [0.4, 0.5) is 14.9 Å². The molecule has 5 rings (SSSR count). The summed E-state index contributed by atoms with van der Waals surface area (Å²) in [4.78, 5) is 18.5. The average Bonchev–Trinajstić information content (AvgIpc) is 3.15. The summed E-state index contributed by atoms with van der Waals surface area (Å²) in [5.74, 6) is -0.323. The Hall–Kier alpha value is -3.12. The van der Waals surface area contributed by atoms with Gasteiger partial charge in [0.25, 0.3) is 0 Å². The number of urea groups is 1. The highest BCUT2D eigenvalue weighted by Gasteiger charge is 2.36. The van der Waals surface area contributed by atoms with E-state index in [1.54, 1.807) is 17.0 Å². The number of halogens is 2. The molecule has 3 aromatic carbocycles. The molecule has 0 radical (unpaired) electrons. The zero-order chi connectivity index (χ0) is 21.5. The standard InChI is InChI=1S/C25H21BrFN3O/c1-15-14-16(10-11-20(15)26)28-25(31)30-13-12-18-17-6-3-5-9-22(17)29-23(18)24(30)19-7-2-4-8-21(19)27/h2-11,14,24,29H,12-13H2,1H3,(H,28,31). The van der Waals surface area contributed by atoms with Gasteiger partial charge in [-0.3, -0.25) is 0 Å². The fourth-order valence-corrected chi connectivity index (χ4v) is 4.64. The van der Waals surface area contributed by atoms with E-state index in [9.17, 15) is 9.18 Å². The maximum atomic E-state index is 14.9. The fraction of sp³-hybridized carbons (Fsp3) is 0.160. The molecular weight excluding hydrogens is 457 g/mol. The van der Waals surface area contributed by atoms with E-state index in [1.165, 1.54) is 6.07 Å². The van der Waals surface area contributed by atoms with Crippen molar-refractivity contribution in [2.45, 2.75) is 19.4 Å². The molecule has 4 nitrogen and oxygen atoms in total. The highest BCUT2D eigenvalue weighted by molar-refractivity contribution is 9.10. The number of rotatable bonds is 2. The van der Waals surface area contributed by atoms with Crippen molar-refractivity contribution >= 4 is 38.6 Å². The van der Waals surface area contributed by atoms with Crippen molar-refractivity contribution in [1.29, 1.82) is 0 Å². The Morgan fingerprint density at radius 1 is 1.13 bits per heavy atom. The molecule has 0 spiro atoms. The summed E-state index contributed by atoms with van der Waals surface area (Å²) in [6.07, 6.45) is 0.705. The molecule has 6 heteroatoms. The molecule has 0 saturated carbocycles. The van der Waals surface area contributed by atoms with Crippen LogP contribution in [0.25, 0.3) is 10.9 Å². The molecule has 1 aromatic heterocycles. The Morgan fingerprint density at radius 3 is 2.71 bits per heavy atom. The fourth-order valence-electron chi connectivity index (χ4n) is 4.40. The number of anilines is 1. The van der Waals surface area contributed by atoms with Gasteiger partial charge < -0.3 is 15.2 Å². The van der Waals surface area contributed by atoms with Crippen LogP contribution in [0.1, 0.15) is 28.4 Å². The number of nitrogens with one attached hydrogen (secondary N) is 2. The smallest absolute Gasteiger partial charge is 0.322 e. The van der Waals surface area contributed by atoms with Gasteiger partial charge in [0.15, 0.2) is 0 Å². The van der Waals surface area contributed by atoms with Gasteiger partial charge in [0.1, 0.15) is 11.9 Å². The van der Waals surface area contributed by atoms with Gasteiger partial charge in [0, 0.05) is 38.9 Å². The topological polar surface area (TPSA) is 48.1 Å². The lowest BCUT2D eigenvalue weighted by Gasteiger charge is -2.36. The van der Waals surface area contributed by atoms with Crippen molar-refractivity contribution in [3.05, 3.63) is 99.4 Å². The third kappa shape index (κ3) is 3.51. The monoisotopic (exact) mass is 477 g/mol. The van der Waals surface area contributed by atoms with Gasteiger partial charge in [0.2, 0.25) is 0 Å². The van der Waals surface area contributed by atoms with Crippen LogP contribution in [0.5, 0.6) is 0 Å². The van der Waals surface area contributed by atoms with Gasteiger partial charge in [0.05, 0.1) is 0 Å². The number of carbonyl (C=O) groups excluding carboxylic acids is 1. The number of aryl methyl sites for hydroxylation is 1. The van der Waals surface area contributed by atoms with E-state index >= 15 is 0 Å². The molecule has 156 valence electrons. The van der Waals surface area contributed by atoms with Gasteiger partial charge in [-0.15, -0.1) is 0 Å². The second-order valence-electron chi connectivity index (χ2n) is 7.82. The van der Waals surface area contributed by atoms with Crippen LogP contribution >= 0.6 is 15.9 Å². The predicted molar refractivity (Wildman–Crippen MR) is 125 cm³/mol. The number of fused-ring (bicyclic) bond motifs is 3. The van der Waals surface area contributed by atoms with E-state index in [2.05, 4.69) is 32.3 Å². The predicted octanol–water partition coefficient (Wildman–Crippen LogP) is 6.56. The molecule has 31 heavy (non-hydrogen) atoms. The number of benzene rings is 3. The summed E-state index contributed by atoms with van der Waals surface area (Å²) in [6.45, 7) is 2.47. The maximum absolute atomic E-state index is 14.9. The summed E-state index contributed by atoms with van der Waals surface area (Å²) in [5.41, 5.74) is 5.24. The van der Waals surface area contributed by atoms with Gasteiger partial charge in [-0.2, -0.15) is 0 Å². The highest BCUT2D eigenvalue weighted by Crippen LogP contribution is 2.39. The molecule has 1 aliphatic rings. The highest BCUT2D eigenvalue weighted by atomic mass is 79.9. The van der Waals surface area contributed by atoms with Crippen molar-refractivity contribution in [3.8, 4) is 0 Å². The second-order valence-corrected chi connectivity index (χ2v) is 8.68. The minimum Gasteiger partial charge on any atom is -0.356 e. The van der Waals surface area contributed by atoms with E-state index in [4.69, 9.17) is 0 Å². The maximum Gasteiger partial charge on any atom is 0.322 e. The van der Waals surface area contributed by atoms with Crippen LogP contribution in [0.3, 0.4) is 0 Å². The summed E-state index contributed by atoms with van der Waals surface area (Å²) in [7, 11) is 0. The summed E-state index contributed by atoms with van der Waals surface area (Å²) >= 11 is 3.49. The first-order chi connectivity index (χ1) is 15.0. The van der Waals surface area contributed by atoms with Crippen LogP contribution in [-0.4, -0.2) is 22.5 Å². The molecule has 0 saturated heterocycles. The van der Waals surface area contributed by atoms with Crippen LogP contribution in [0.15, 0.2) is 71.2 Å². The minimum atomic E-state index is -0.533. The van der Waals surface area contributed by atoms with Crippen molar-refractivity contribution in [2.75, 3.05) is 11.9 Å². The Bertz CT molecular complexity index is 1300. The average molecular weight is 478 g/mol. The number of aromatic nitrogens is 1. The first kappa shape index (κ1) is 19.8. The van der Waals surface area contributed by atoms with Crippen LogP contribution in [-0.2, 0) is 6.42 Å². The van der Waals surface area contributed by atoms with Crippen LogP contribution < -0.4 is 5.32 Å². The Morgan fingerprint density at radius 2 is 1.90 bits per heavy atom. The number of hydrogen-bond donors (Lipinski definition) is 2. The molecule has 1 unspecified atom stereocenters. The number of carbonyl (C=O) groups is 1. The van der Waals surface area contributed by atoms with Crippen LogP contribution in [0.2, 0.25) is 0 Å². The number of H-pyrrole nitrogens is 1. The minimum absolute atomic E-state index is 0.251. The molecule has 2 N–H and O–H groups in total. The summed E-state index contributed by atoms with van der Waals surface area (Å²) < 4.78 is 15.9. The Kier molecular flexibility index (Phi) is 5.02. The molecular formula is C25H21BrFN3O. The van der Waals surface area contributed by atoms with E-state index < -0.39 is 6.04 Å². The quantitative estimate of drug-likeness (QED) is 0.337. The molecule has 0 aliphatic carbocycles. The van der Waals surface area contributed by atoms with E-state index in [0.29, 0.717) is 24.2 Å². The third-order valence-electron chi connectivity index (χ3n) is 5.90. The lowest BCUT2D eigenvalue weighted by atomic mass is 9.92. The SMILES string of the molecule is Cc1cc(NC(=O)N2CCc3c([nH]c4ccccc34)C2c2ccccc2F)ccc1Br. The van der Waals surface area contributed by atoms with Crippen molar-refractivity contribution in [2.24, 2.45) is 0 Å².